The molecular formula is C17H22N2. The van der Waals surface area contributed by atoms with Crippen molar-refractivity contribution >= 4 is 10.8 Å². The van der Waals surface area contributed by atoms with Crippen molar-refractivity contribution in [3.05, 3.63) is 42.2 Å². The van der Waals surface area contributed by atoms with Gasteiger partial charge in [0.05, 0.1) is 11.7 Å². The molecule has 1 saturated carbocycles. The van der Waals surface area contributed by atoms with E-state index < -0.39 is 0 Å². The standard InChI is InChI=1S/C17H22N2/c1-2-10-18-16(12-13-7-8-13)17-15-6-4-3-5-14(15)9-11-19-17/h3-6,9,11,13,16,18H,2,7-8,10,12H2,1H3. The van der Waals surface area contributed by atoms with Crippen LogP contribution in [0.15, 0.2) is 36.5 Å². The zero-order chi connectivity index (χ0) is 13.1. The molecule has 0 saturated heterocycles. The summed E-state index contributed by atoms with van der Waals surface area (Å²) >= 11 is 0. The van der Waals surface area contributed by atoms with E-state index in [1.165, 1.54) is 42.1 Å². The molecule has 1 fully saturated rings. The van der Waals surface area contributed by atoms with Gasteiger partial charge >= 0.3 is 0 Å². The molecule has 1 aliphatic carbocycles. The van der Waals surface area contributed by atoms with E-state index in [4.69, 9.17) is 0 Å². The minimum absolute atomic E-state index is 0.415. The van der Waals surface area contributed by atoms with E-state index in [1.54, 1.807) is 0 Å². The van der Waals surface area contributed by atoms with Gasteiger partial charge < -0.3 is 5.32 Å². The molecule has 1 atom stereocenters. The number of rotatable bonds is 6. The lowest BCUT2D eigenvalue weighted by Gasteiger charge is -2.19. The average Bonchev–Trinajstić information content (AvgIpc) is 3.27. The third-order valence-corrected chi connectivity index (χ3v) is 3.94. The maximum absolute atomic E-state index is 4.68. The highest BCUT2D eigenvalue weighted by Gasteiger charge is 2.27. The highest BCUT2D eigenvalue weighted by molar-refractivity contribution is 5.84. The van der Waals surface area contributed by atoms with Crippen LogP contribution in [0.4, 0.5) is 0 Å². The fourth-order valence-corrected chi connectivity index (χ4v) is 2.72. The van der Waals surface area contributed by atoms with E-state index in [-0.39, 0.29) is 0 Å². The van der Waals surface area contributed by atoms with Crippen LogP contribution in [0, 0.1) is 5.92 Å². The summed E-state index contributed by atoms with van der Waals surface area (Å²) in [7, 11) is 0. The lowest BCUT2D eigenvalue weighted by molar-refractivity contribution is 0.467. The molecule has 100 valence electrons. The second-order valence-corrected chi connectivity index (χ2v) is 5.60. The fraction of sp³-hybridized carbons (Fsp3) is 0.471. The maximum atomic E-state index is 4.68. The van der Waals surface area contributed by atoms with Crippen molar-refractivity contribution in [3.8, 4) is 0 Å². The fourth-order valence-electron chi connectivity index (χ4n) is 2.72. The third-order valence-electron chi connectivity index (χ3n) is 3.94. The summed E-state index contributed by atoms with van der Waals surface area (Å²) in [4.78, 5) is 4.68. The number of fused-ring (bicyclic) bond motifs is 1. The molecule has 1 heterocycles. The lowest BCUT2D eigenvalue weighted by Crippen LogP contribution is -2.23. The van der Waals surface area contributed by atoms with Gasteiger partial charge in [0, 0.05) is 11.6 Å². The van der Waals surface area contributed by atoms with Gasteiger partial charge in [0.15, 0.2) is 0 Å². The summed E-state index contributed by atoms with van der Waals surface area (Å²) in [5.41, 5.74) is 1.23. The molecular weight excluding hydrogens is 232 g/mol. The second-order valence-electron chi connectivity index (χ2n) is 5.60. The Morgan fingerprint density at radius 2 is 2.11 bits per heavy atom. The van der Waals surface area contributed by atoms with Crippen molar-refractivity contribution in [2.45, 2.75) is 38.6 Å². The van der Waals surface area contributed by atoms with E-state index in [1.807, 2.05) is 6.20 Å². The monoisotopic (exact) mass is 254 g/mol. The normalized spacial score (nSPS) is 16.7. The molecule has 1 aliphatic rings. The first kappa shape index (κ1) is 12.6. The molecule has 2 heteroatoms. The molecule has 0 amide bonds. The number of aromatic nitrogens is 1. The molecule has 2 aromatic rings. The quantitative estimate of drug-likeness (QED) is 0.840. The topological polar surface area (TPSA) is 24.9 Å². The zero-order valence-corrected chi connectivity index (χ0v) is 11.6. The van der Waals surface area contributed by atoms with Crippen molar-refractivity contribution in [1.29, 1.82) is 0 Å². The molecule has 3 rings (SSSR count). The summed E-state index contributed by atoms with van der Waals surface area (Å²) < 4.78 is 0. The first-order chi connectivity index (χ1) is 9.38. The number of benzene rings is 1. The van der Waals surface area contributed by atoms with Gasteiger partial charge in [-0.05, 0) is 36.8 Å². The molecule has 0 spiro atoms. The predicted molar refractivity (Wildman–Crippen MR) is 80.1 cm³/mol. The first-order valence-corrected chi connectivity index (χ1v) is 7.45. The number of hydrogen-bond donors (Lipinski definition) is 1. The predicted octanol–water partition coefficient (Wildman–Crippen LogP) is 4.08. The SMILES string of the molecule is CCCNC(CC1CC1)c1nccc2ccccc12. The highest BCUT2D eigenvalue weighted by atomic mass is 14.9. The van der Waals surface area contributed by atoms with Crippen molar-refractivity contribution in [1.82, 2.24) is 10.3 Å². The number of pyridine rings is 1. The summed E-state index contributed by atoms with van der Waals surface area (Å²) in [6.07, 6.45) is 7.16. The van der Waals surface area contributed by atoms with E-state index >= 15 is 0 Å². The summed E-state index contributed by atoms with van der Waals surface area (Å²) in [5, 5.41) is 6.29. The minimum atomic E-state index is 0.415. The summed E-state index contributed by atoms with van der Waals surface area (Å²) in [6.45, 7) is 3.29. The lowest BCUT2D eigenvalue weighted by atomic mass is 10.0. The van der Waals surface area contributed by atoms with Crippen LogP contribution >= 0.6 is 0 Å². The first-order valence-electron chi connectivity index (χ1n) is 7.45. The molecule has 1 aromatic carbocycles. The Balaban J connectivity index is 1.93. The summed E-state index contributed by atoms with van der Waals surface area (Å²) in [5.74, 6) is 0.912. The molecule has 1 unspecified atom stereocenters. The van der Waals surface area contributed by atoms with Crippen LogP contribution in [-0.2, 0) is 0 Å². The molecule has 1 N–H and O–H groups in total. The Kier molecular flexibility index (Phi) is 3.79. The highest BCUT2D eigenvalue weighted by Crippen LogP contribution is 2.38. The van der Waals surface area contributed by atoms with E-state index in [0.717, 1.165) is 12.5 Å². The van der Waals surface area contributed by atoms with Gasteiger partial charge in [-0.25, -0.2) is 0 Å². The van der Waals surface area contributed by atoms with Gasteiger partial charge in [-0.3, -0.25) is 4.98 Å². The van der Waals surface area contributed by atoms with Crippen molar-refractivity contribution in [2.75, 3.05) is 6.54 Å². The third kappa shape index (κ3) is 2.95. The molecule has 19 heavy (non-hydrogen) atoms. The molecule has 0 bridgehead atoms. The van der Waals surface area contributed by atoms with Gasteiger partial charge in [0.25, 0.3) is 0 Å². The Bertz CT molecular complexity index is 540. The van der Waals surface area contributed by atoms with Gasteiger partial charge in [-0.2, -0.15) is 0 Å². The van der Waals surface area contributed by atoms with E-state index in [2.05, 4.69) is 47.6 Å². The van der Waals surface area contributed by atoms with Gasteiger partial charge in [0.1, 0.15) is 0 Å². The summed E-state index contributed by atoms with van der Waals surface area (Å²) in [6, 6.07) is 11.1. The van der Waals surface area contributed by atoms with Gasteiger partial charge in [-0.1, -0.05) is 44.0 Å². The largest absolute Gasteiger partial charge is 0.309 e. The van der Waals surface area contributed by atoms with Crippen LogP contribution in [0.25, 0.3) is 10.8 Å². The van der Waals surface area contributed by atoms with Crippen LogP contribution in [0.1, 0.15) is 44.3 Å². The van der Waals surface area contributed by atoms with Crippen molar-refractivity contribution < 1.29 is 0 Å². The van der Waals surface area contributed by atoms with Crippen LogP contribution in [0.5, 0.6) is 0 Å². The number of nitrogens with zero attached hydrogens (tertiary/aromatic N) is 1. The van der Waals surface area contributed by atoms with Crippen LogP contribution in [0.2, 0.25) is 0 Å². The number of hydrogen-bond acceptors (Lipinski definition) is 2. The maximum Gasteiger partial charge on any atom is 0.0651 e. The molecule has 1 aromatic heterocycles. The van der Waals surface area contributed by atoms with Crippen LogP contribution in [-0.4, -0.2) is 11.5 Å². The molecule has 2 nitrogen and oxygen atoms in total. The minimum Gasteiger partial charge on any atom is -0.309 e. The van der Waals surface area contributed by atoms with Crippen LogP contribution in [0.3, 0.4) is 0 Å². The molecule has 0 radical (unpaired) electrons. The average molecular weight is 254 g/mol. The Morgan fingerprint density at radius 1 is 1.26 bits per heavy atom. The smallest absolute Gasteiger partial charge is 0.0651 e. The Morgan fingerprint density at radius 3 is 2.89 bits per heavy atom. The van der Waals surface area contributed by atoms with Gasteiger partial charge in [-0.15, -0.1) is 0 Å². The van der Waals surface area contributed by atoms with Crippen molar-refractivity contribution in [2.24, 2.45) is 5.92 Å². The van der Waals surface area contributed by atoms with Crippen molar-refractivity contribution in [3.63, 3.8) is 0 Å². The molecule has 0 aliphatic heterocycles. The van der Waals surface area contributed by atoms with E-state index in [0.29, 0.717) is 6.04 Å². The Hall–Kier alpha value is -1.41. The van der Waals surface area contributed by atoms with Gasteiger partial charge in [0.2, 0.25) is 0 Å². The Labute approximate surface area is 115 Å². The van der Waals surface area contributed by atoms with E-state index in [9.17, 15) is 0 Å². The second kappa shape index (κ2) is 5.70. The zero-order valence-electron chi connectivity index (χ0n) is 11.6. The number of nitrogens with one attached hydrogen (secondary N) is 1. The van der Waals surface area contributed by atoms with Crippen LogP contribution < -0.4 is 5.32 Å².